The summed E-state index contributed by atoms with van der Waals surface area (Å²) in [6.45, 7) is 0.783. The fourth-order valence-electron chi connectivity index (χ4n) is 1.27. The second-order valence-electron chi connectivity index (χ2n) is 3.47. The summed E-state index contributed by atoms with van der Waals surface area (Å²) in [7, 11) is 3.97. The van der Waals surface area contributed by atoms with Crippen molar-refractivity contribution in [2.75, 3.05) is 14.1 Å². The molecule has 0 amide bonds. The van der Waals surface area contributed by atoms with Crippen LogP contribution in [0.3, 0.4) is 0 Å². The Hall–Kier alpha value is -1.00. The van der Waals surface area contributed by atoms with E-state index >= 15 is 0 Å². The Morgan fingerprint density at radius 2 is 2.00 bits per heavy atom. The minimum absolute atomic E-state index is 0.0445. The largest absolute Gasteiger partial charge is 0.305 e. The number of halogens is 2. The lowest BCUT2D eigenvalue weighted by Gasteiger charge is -2.12. The molecule has 1 aromatic rings. The molecule has 0 fully saturated rings. The molecule has 0 aliphatic carbocycles. The van der Waals surface area contributed by atoms with Crippen LogP contribution >= 0.6 is 0 Å². The summed E-state index contributed by atoms with van der Waals surface area (Å²) in [6.07, 6.45) is -1.60. The number of hydrogen-bond acceptors (Lipinski definition) is 1. The Morgan fingerprint density at radius 1 is 1.33 bits per heavy atom. The number of hydrogen-bond donors (Lipinski definition) is 0. The lowest BCUT2D eigenvalue weighted by atomic mass is 10.2. The van der Waals surface area contributed by atoms with Gasteiger partial charge in [-0.15, -0.1) is 0 Å². The van der Waals surface area contributed by atoms with Crippen molar-refractivity contribution in [1.82, 2.24) is 4.90 Å². The van der Waals surface area contributed by atoms with Gasteiger partial charge in [0.25, 0.3) is 6.08 Å². The molecule has 0 spiro atoms. The Labute approximate surface area is 91.2 Å². The first-order valence-electron chi connectivity index (χ1n) is 4.60. The van der Waals surface area contributed by atoms with Gasteiger partial charge in [-0.1, -0.05) is 29.5 Å². The quantitative estimate of drug-likeness (QED) is 0.706. The molecule has 0 saturated carbocycles. The predicted octanol–water partition coefficient (Wildman–Crippen LogP) is 1.82. The fraction of sp³-hybridized carbons (Fsp3) is 0.273. The minimum Gasteiger partial charge on any atom is -0.305 e. The van der Waals surface area contributed by atoms with Crippen molar-refractivity contribution in [3.8, 4) is 0 Å². The molecule has 4 heteroatoms. The summed E-state index contributed by atoms with van der Waals surface area (Å²) in [5, 5.41) is 0.985. The Bertz CT molecular complexity index is 346. The van der Waals surface area contributed by atoms with Crippen LogP contribution in [0.25, 0.3) is 0 Å². The molecule has 0 N–H and O–H groups in total. The average Bonchev–Trinajstić information content (AvgIpc) is 2.15. The van der Waals surface area contributed by atoms with Gasteiger partial charge >= 0.3 is 0 Å². The van der Waals surface area contributed by atoms with Gasteiger partial charge in [0.2, 0.25) is 0 Å². The van der Waals surface area contributed by atoms with E-state index in [1.54, 1.807) is 0 Å². The van der Waals surface area contributed by atoms with Gasteiger partial charge < -0.3 is 4.90 Å². The molecule has 0 aliphatic heterocycles. The van der Waals surface area contributed by atoms with Crippen molar-refractivity contribution in [2.24, 2.45) is 0 Å². The van der Waals surface area contributed by atoms with Gasteiger partial charge in [0, 0.05) is 6.54 Å². The van der Waals surface area contributed by atoms with Crippen LogP contribution in [0.1, 0.15) is 5.56 Å². The lowest BCUT2D eigenvalue weighted by molar-refractivity contribution is 0.403. The van der Waals surface area contributed by atoms with Gasteiger partial charge in [0.1, 0.15) is 9.52 Å². The molecule has 0 heterocycles. The highest BCUT2D eigenvalue weighted by Crippen LogP contribution is 2.00. The average molecular weight is 225 g/mol. The van der Waals surface area contributed by atoms with E-state index < -0.39 is 6.08 Å². The smallest absolute Gasteiger partial charge is 0.262 e. The van der Waals surface area contributed by atoms with E-state index in [9.17, 15) is 8.78 Å². The lowest BCUT2D eigenvalue weighted by Crippen LogP contribution is -2.22. The van der Waals surface area contributed by atoms with Gasteiger partial charge in [-0.3, -0.25) is 0 Å². The zero-order valence-electron chi connectivity index (χ0n) is 8.80. The van der Waals surface area contributed by atoms with Crippen molar-refractivity contribution in [2.45, 2.75) is 6.54 Å². The summed E-state index contributed by atoms with van der Waals surface area (Å²) in [5.41, 5.74) is 2.09. The van der Waals surface area contributed by atoms with Gasteiger partial charge in [0.05, 0.1) is 0 Å². The molecule has 1 rings (SSSR count). The summed E-state index contributed by atoms with van der Waals surface area (Å²) >= 11 is 0. The second kappa shape index (κ2) is 5.78. The van der Waals surface area contributed by atoms with Crippen LogP contribution in [-0.4, -0.2) is 28.5 Å². The number of rotatable bonds is 4. The van der Waals surface area contributed by atoms with Crippen molar-refractivity contribution >= 4 is 14.7 Å². The summed E-state index contributed by atoms with van der Waals surface area (Å²) in [5.74, 6) is 0. The van der Waals surface area contributed by atoms with Crippen molar-refractivity contribution in [3.05, 3.63) is 41.6 Å². The fourth-order valence-corrected chi connectivity index (χ4v) is 2.08. The monoisotopic (exact) mass is 225 g/mol. The first-order valence-corrected chi connectivity index (χ1v) is 5.67. The standard InChI is InChI=1S/C11H13F2NSi/c1-14(2)7-9-5-3-4-6-10(9)15-8-11(12)13/h3-6,8H,7H2,1-2H3. The molecular weight excluding hydrogens is 212 g/mol. The highest BCUT2D eigenvalue weighted by atomic mass is 28.2. The Morgan fingerprint density at radius 3 is 2.60 bits per heavy atom. The zero-order chi connectivity index (χ0) is 11.3. The molecule has 0 bridgehead atoms. The summed E-state index contributed by atoms with van der Waals surface area (Å²) < 4.78 is 23.9. The Balaban J connectivity index is 2.81. The third kappa shape index (κ3) is 4.36. The predicted molar refractivity (Wildman–Crippen MR) is 59.5 cm³/mol. The van der Waals surface area contributed by atoms with Crippen LogP contribution in [0.15, 0.2) is 36.0 Å². The maximum Gasteiger partial charge on any atom is 0.262 e. The molecule has 80 valence electrons. The molecule has 0 unspecified atom stereocenters. The maximum absolute atomic E-state index is 12.0. The van der Waals surface area contributed by atoms with Gasteiger partial charge in [-0.25, -0.2) is 0 Å². The number of benzene rings is 1. The summed E-state index contributed by atoms with van der Waals surface area (Å²) in [4.78, 5) is 2.03. The van der Waals surface area contributed by atoms with Crippen molar-refractivity contribution < 1.29 is 8.78 Å². The molecule has 0 saturated heterocycles. The highest BCUT2D eigenvalue weighted by Gasteiger charge is 2.03. The van der Waals surface area contributed by atoms with E-state index in [1.807, 2.05) is 43.3 Å². The molecule has 1 nitrogen and oxygen atoms in total. The molecule has 0 atom stereocenters. The van der Waals surface area contributed by atoms with Crippen molar-refractivity contribution in [3.63, 3.8) is 0 Å². The van der Waals surface area contributed by atoms with Gasteiger partial charge in [-0.2, -0.15) is 8.78 Å². The molecule has 0 aliphatic rings. The van der Waals surface area contributed by atoms with Crippen molar-refractivity contribution in [1.29, 1.82) is 0 Å². The zero-order valence-corrected chi connectivity index (χ0v) is 9.80. The first kappa shape index (κ1) is 12.1. The van der Waals surface area contributed by atoms with Crippen LogP contribution < -0.4 is 5.19 Å². The second-order valence-corrected chi connectivity index (χ2v) is 4.59. The molecular formula is C11H13F2NSi. The van der Waals surface area contributed by atoms with E-state index in [2.05, 4.69) is 0 Å². The van der Waals surface area contributed by atoms with E-state index in [0.29, 0.717) is 0 Å². The van der Waals surface area contributed by atoms with Gasteiger partial charge in [0.15, 0.2) is 0 Å². The third-order valence-electron chi connectivity index (χ3n) is 1.84. The summed E-state index contributed by atoms with van der Waals surface area (Å²) in [6, 6.07) is 7.69. The van der Waals surface area contributed by atoms with Crippen LogP contribution in [0.5, 0.6) is 0 Å². The van der Waals surface area contributed by atoms with Crippen LogP contribution in [0, 0.1) is 0 Å². The first-order chi connectivity index (χ1) is 7.09. The van der Waals surface area contributed by atoms with Gasteiger partial charge in [-0.05, 0) is 25.4 Å². The molecule has 2 radical (unpaired) electrons. The third-order valence-corrected chi connectivity index (χ3v) is 3.00. The Kier molecular flexibility index (Phi) is 4.65. The number of nitrogens with zero attached hydrogens (tertiary/aromatic N) is 1. The van der Waals surface area contributed by atoms with E-state index in [1.165, 1.54) is 0 Å². The minimum atomic E-state index is -1.60. The molecule has 15 heavy (non-hydrogen) atoms. The molecule has 1 aromatic carbocycles. The SMILES string of the molecule is CN(C)Cc1ccccc1[Si]C=C(F)F. The van der Waals surface area contributed by atoms with E-state index in [0.717, 1.165) is 23.0 Å². The van der Waals surface area contributed by atoms with Crippen LogP contribution in [0.2, 0.25) is 0 Å². The highest BCUT2D eigenvalue weighted by molar-refractivity contribution is 6.59. The van der Waals surface area contributed by atoms with Crippen LogP contribution in [0.4, 0.5) is 8.78 Å². The normalized spacial score (nSPS) is 10.5. The van der Waals surface area contributed by atoms with Crippen LogP contribution in [-0.2, 0) is 6.54 Å². The van der Waals surface area contributed by atoms with E-state index in [-0.39, 0.29) is 9.52 Å². The van der Waals surface area contributed by atoms with E-state index in [4.69, 9.17) is 0 Å². The maximum atomic E-state index is 12.0. The topological polar surface area (TPSA) is 3.24 Å². The molecule has 0 aromatic heterocycles.